The predicted molar refractivity (Wildman–Crippen MR) is 94.9 cm³/mol. The summed E-state index contributed by atoms with van der Waals surface area (Å²) in [6.07, 6.45) is 1.06. The van der Waals surface area contributed by atoms with Crippen LogP contribution < -0.4 is 0 Å². The topological polar surface area (TPSA) is 6.48 Å². The van der Waals surface area contributed by atoms with Crippen molar-refractivity contribution < 1.29 is 4.39 Å². The molecule has 2 aromatic carbocycles. The largest absolute Gasteiger partial charge is 0.308 e. The molecule has 0 spiro atoms. The lowest BCUT2D eigenvalue weighted by Gasteiger charge is -2.24. The first-order chi connectivity index (χ1) is 11.1. The van der Waals surface area contributed by atoms with Crippen molar-refractivity contribution in [3.63, 3.8) is 0 Å². The zero-order chi connectivity index (χ0) is 16.7. The summed E-state index contributed by atoms with van der Waals surface area (Å²) < 4.78 is 13.1. The van der Waals surface area contributed by atoms with E-state index in [-0.39, 0.29) is 5.82 Å². The molecule has 0 aliphatic heterocycles. The standard InChI is InChI=1S/C20H27FN2/c1-4-17-6-5-7-19(14-17)16-23(13-12-22(2)3)15-18-8-10-20(21)11-9-18/h5-11,14H,4,12-13,15-16H2,1-3H3. The highest BCUT2D eigenvalue weighted by Gasteiger charge is 2.08. The molecule has 0 heterocycles. The van der Waals surface area contributed by atoms with Gasteiger partial charge in [-0.15, -0.1) is 0 Å². The quantitative estimate of drug-likeness (QED) is 0.728. The second kappa shape index (κ2) is 8.80. The fourth-order valence-corrected chi connectivity index (χ4v) is 2.61. The fraction of sp³-hybridized carbons (Fsp3) is 0.400. The molecule has 0 saturated heterocycles. The van der Waals surface area contributed by atoms with E-state index in [1.165, 1.54) is 23.3 Å². The highest BCUT2D eigenvalue weighted by Crippen LogP contribution is 2.13. The second-order valence-electron chi connectivity index (χ2n) is 6.31. The number of likely N-dealkylation sites (N-methyl/N-ethyl adjacent to an activating group) is 1. The molecule has 0 radical (unpaired) electrons. The Morgan fingerprint density at radius 1 is 0.826 bits per heavy atom. The summed E-state index contributed by atoms with van der Waals surface area (Å²) in [6.45, 7) is 5.93. The van der Waals surface area contributed by atoms with E-state index in [9.17, 15) is 4.39 Å². The Hall–Kier alpha value is -1.71. The summed E-state index contributed by atoms with van der Waals surface area (Å²) in [6, 6.07) is 15.6. The van der Waals surface area contributed by atoms with E-state index in [0.29, 0.717) is 0 Å². The minimum absolute atomic E-state index is 0.177. The number of hydrogen-bond acceptors (Lipinski definition) is 2. The van der Waals surface area contributed by atoms with Gasteiger partial charge in [0.25, 0.3) is 0 Å². The van der Waals surface area contributed by atoms with E-state index >= 15 is 0 Å². The van der Waals surface area contributed by atoms with Gasteiger partial charge in [-0.1, -0.05) is 43.3 Å². The molecule has 0 unspecified atom stereocenters. The molecule has 0 aromatic heterocycles. The van der Waals surface area contributed by atoms with Crippen molar-refractivity contribution in [3.8, 4) is 0 Å². The van der Waals surface area contributed by atoms with E-state index < -0.39 is 0 Å². The summed E-state index contributed by atoms with van der Waals surface area (Å²) in [5.41, 5.74) is 3.86. The van der Waals surface area contributed by atoms with E-state index in [1.807, 2.05) is 12.1 Å². The van der Waals surface area contributed by atoms with Gasteiger partial charge in [0.05, 0.1) is 0 Å². The first kappa shape index (κ1) is 17.6. The maximum atomic E-state index is 13.1. The van der Waals surface area contributed by atoms with Crippen molar-refractivity contribution in [2.24, 2.45) is 0 Å². The molecule has 2 rings (SSSR count). The van der Waals surface area contributed by atoms with Crippen LogP contribution in [-0.2, 0) is 19.5 Å². The van der Waals surface area contributed by atoms with Gasteiger partial charge in [0, 0.05) is 26.2 Å². The molecule has 124 valence electrons. The first-order valence-electron chi connectivity index (χ1n) is 8.26. The lowest BCUT2D eigenvalue weighted by atomic mass is 10.1. The van der Waals surface area contributed by atoms with Crippen LogP contribution in [-0.4, -0.2) is 37.0 Å². The normalized spacial score (nSPS) is 11.4. The van der Waals surface area contributed by atoms with Gasteiger partial charge in [0.15, 0.2) is 0 Å². The van der Waals surface area contributed by atoms with Crippen LogP contribution in [0.1, 0.15) is 23.6 Å². The number of hydrogen-bond donors (Lipinski definition) is 0. The van der Waals surface area contributed by atoms with Crippen LogP contribution in [0.2, 0.25) is 0 Å². The van der Waals surface area contributed by atoms with Gasteiger partial charge in [-0.05, 0) is 49.3 Å². The molecule has 23 heavy (non-hydrogen) atoms. The molecule has 3 heteroatoms. The van der Waals surface area contributed by atoms with Crippen molar-refractivity contribution in [3.05, 3.63) is 71.0 Å². The Morgan fingerprint density at radius 3 is 2.13 bits per heavy atom. The van der Waals surface area contributed by atoms with Crippen molar-refractivity contribution >= 4 is 0 Å². The minimum atomic E-state index is -0.177. The minimum Gasteiger partial charge on any atom is -0.308 e. The average Bonchev–Trinajstić information content (AvgIpc) is 2.55. The lowest BCUT2D eigenvalue weighted by Crippen LogP contribution is -2.31. The lowest BCUT2D eigenvalue weighted by molar-refractivity contribution is 0.226. The van der Waals surface area contributed by atoms with Gasteiger partial charge in [0.1, 0.15) is 5.82 Å². The predicted octanol–water partition coefficient (Wildman–Crippen LogP) is 3.95. The Morgan fingerprint density at radius 2 is 1.48 bits per heavy atom. The Bertz CT molecular complexity index is 593. The van der Waals surface area contributed by atoms with Gasteiger partial charge in [-0.2, -0.15) is 0 Å². The number of nitrogens with zero attached hydrogens (tertiary/aromatic N) is 2. The Labute approximate surface area is 139 Å². The molecule has 2 aromatic rings. The molecule has 2 nitrogen and oxygen atoms in total. The monoisotopic (exact) mass is 314 g/mol. The van der Waals surface area contributed by atoms with Crippen molar-refractivity contribution in [2.75, 3.05) is 27.2 Å². The maximum absolute atomic E-state index is 13.1. The molecule has 0 atom stereocenters. The van der Waals surface area contributed by atoms with Crippen LogP contribution in [0.4, 0.5) is 4.39 Å². The summed E-state index contributed by atoms with van der Waals surface area (Å²) in [4.78, 5) is 4.61. The third-order valence-electron chi connectivity index (χ3n) is 3.99. The van der Waals surface area contributed by atoms with Crippen molar-refractivity contribution in [2.45, 2.75) is 26.4 Å². The van der Waals surface area contributed by atoms with Gasteiger partial charge < -0.3 is 4.90 Å². The molecule has 0 fully saturated rings. The molecule has 0 bridgehead atoms. The number of aryl methyl sites for hydroxylation is 1. The first-order valence-corrected chi connectivity index (χ1v) is 8.26. The Balaban J connectivity index is 2.07. The number of benzene rings is 2. The molecule has 0 N–H and O–H groups in total. The summed E-state index contributed by atoms with van der Waals surface area (Å²) in [5, 5.41) is 0. The third-order valence-corrected chi connectivity index (χ3v) is 3.99. The molecule has 0 aliphatic rings. The number of halogens is 1. The van der Waals surface area contributed by atoms with Gasteiger partial charge in [0.2, 0.25) is 0 Å². The summed E-state index contributed by atoms with van der Waals surface area (Å²) in [7, 11) is 4.18. The molecular formula is C20H27FN2. The van der Waals surface area contributed by atoms with Gasteiger partial charge in [-0.25, -0.2) is 4.39 Å². The van der Waals surface area contributed by atoms with Crippen LogP contribution in [0, 0.1) is 5.82 Å². The van der Waals surface area contributed by atoms with Crippen LogP contribution in [0.25, 0.3) is 0 Å². The average molecular weight is 314 g/mol. The van der Waals surface area contributed by atoms with Crippen LogP contribution >= 0.6 is 0 Å². The molecule has 0 amide bonds. The van der Waals surface area contributed by atoms with Gasteiger partial charge in [-0.3, -0.25) is 4.90 Å². The highest BCUT2D eigenvalue weighted by atomic mass is 19.1. The second-order valence-corrected chi connectivity index (χ2v) is 6.31. The SMILES string of the molecule is CCc1cccc(CN(CCN(C)C)Cc2ccc(F)cc2)c1. The summed E-state index contributed by atoms with van der Waals surface area (Å²) >= 11 is 0. The van der Waals surface area contributed by atoms with Crippen LogP contribution in [0.15, 0.2) is 48.5 Å². The highest BCUT2D eigenvalue weighted by molar-refractivity contribution is 5.23. The smallest absolute Gasteiger partial charge is 0.123 e. The fourth-order valence-electron chi connectivity index (χ4n) is 2.61. The zero-order valence-corrected chi connectivity index (χ0v) is 14.4. The van der Waals surface area contributed by atoms with Gasteiger partial charge >= 0.3 is 0 Å². The third kappa shape index (κ3) is 6.12. The Kier molecular flexibility index (Phi) is 6.75. The van der Waals surface area contributed by atoms with E-state index in [2.05, 4.69) is 55.1 Å². The summed E-state index contributed by atoms with van der Waals surface area (Å²) in [5.74, 6) is -0.177. The molecular weight excluding hydrogens is 287 g/mol. The van der Waals surface area contributed by atoms with E-state index in [0.717, 1.165) is 38.2 Å². The maximum Gasteiger partial charge on any atom is 0.123 e. The van der Waals surface area contributed by atoms with Crippen LogP contribution in [0.3, 0.4) is 0 Å². The molecule has 0 aliphatic carbocycles. The van der Waals surface area contributed by atoms with Crippen molar-refractivity contribution in [1.29, 1.82) is 0 Å². The van der Waals surface area contributed by atoms with Crippen LogP contribution in [0.5, 0.6) is 0 Å². The number of rotatable bonds is 8. The van der Waals surface area contributed by atoms with E-state index in [4.69, 9.17) is 0 Å². The van der Waals surface area contributed by atoms with E-state index in [1.54, 1.807) is 0 Å². The van der Waals surface area contributed by atoms with Crippen molar-refractivity contribution in [1.82, 2.24) is 9.80 Å². The molecule has 0 saturated carbocycles. The zero-order valence-electron chi connectivity index (χ0n) is 14.4.